The Morgan fingerprint density at radius 2 is 0.931 bits per heavy atom. The molecular weight excluding hydrogens is 727 g/mol. The van der Waals surface area contributed by atoms with E-state index in [0.717, 1.165) is 94.2 Å². The summed E-state index contributed by atoms with van der Waals surface area (Å²) >= 11 is 1.82. The Bertz CT molecular complexity index is 3540. The Kier molecular flexibility index (Phi) is 7.33. The van der Waals surface area contributed by atoms with E-state index in [1.54, 1.807) is 0 Å². The monoisotopic (exact) mass is 757 g/mol. The lowest BCUT2D eigenvalue weighted by Gasteiger charge is -2.15. The fourth-order valence-electron chi connectivity index (χ4n) is 8.58. The van der Waals surface area contributed by atoms with Crippen LogP contribution < -0.4 is 0 Å². The van der Waals surface area contributed by atoms with Crippen LogP contribution in [0.15, 0.2) is 188 Å². The maximum absolute atomic E-state index is 5.69. The second-order valence-corrected chi connectivity index (χ2v) is 15.6. The van der Waals surface area contributed by atoms with Crippen LogP contribution in [0.25, 0.3) is 115 Å². The molecule has 0 amide bonds. The molecule has 0 aliphatic heterocycles. The first-order chi connectivity index (χ1) is 28.8. The van der Waals surface area contributed by atoms with Gasteiger partial charge in [0.25, 0.3) is 0 Å². The van der Waals surface area contributed by atoms with Crippen LogP contribution in [0.4, 0.5) is 0 Å². The standard InChI is InChI=1S/C52H31N5S/c1-5-17-32(18-6-1)45-39-31-36(29-30-40(39)53-52(56-45)35-23-11-4-12-24-35)57-41-27-15-13-25-37(41)43-48-49(44-38-26-14-16-28-42(38)58-51(44)50(43)57)55-47(34-21-9-3-10-22-34)46(54-48)33-19-7-2-8-20-33/h1-31H. The molecule has 8 aromatic carbocycles. The maximum atomic E-state index is 5.69. The summed E-state index contributed by atoms with van der Waals surface area (Å²) in [6.45, 7) is 0. The Hall–Kier alpha value is -7.54. The summed E-state index contributed by atoms with van der Waals surface area (Å²) in [5.74, 6) is 0.706. The first-order valence-electron chi connectivity index (χ1n) is 19.4. The molecule has 4 aromatic heterocycles. The number of thiophene rings is 1. The van der Waals surface area contributed by atoms with Gasteiger partial charge in [-0.1, -0.05) is 158 Å². The largest absolute Gasteiger partial charge is 0.308 e. The van der Waals surface area contributed by atoms with Crippen molar-refractivity contribution in [1.29, 1.82) is 0 Å². The van der Waals surface area contributed by atoms with Gasteiger partial charge in [-0.2, -0.15) is 0 Å². The third-order valence-electron chi connectivity index (χ3n) is 11.2. The molecule has 0 unspecified atom stereocenters. The van der Waals surface area contributed by atoms with E-state index in [1.807, 2.05) is 47.7 Å². The molecule has 0 fully saturated rings. The number of aromatic nitrogens is 5. The molecule has 5 nitrogen and oxygen atoms in total. The maximum Gasteiger partial charge on any atom is 0.160 e. The van der Waals surface area contributed by atoms with E-state index in [4.69, 9.17) is 19.9 Å². The molecule has 0 saturated heterocycles. The highest BCUT2D eigenvalue weighted by atomic mass is 32.1. The lowest BCUT2D eigenvalue weighted by Crippen LogP contribution is -1.99. The van der Waals surface area contributed by atoms with E-state index in [-0.39, 0.29) is 0 Å². The summed E-state index contributed by atoms with van der Waals surface area (Å²) in [6.07, 6.45) is 0. The van der Waals surface area contributed by atoms with Gasteiger partial charge < -0.3 is 4.57 Å². The van der Waals surface area contributed by atoms with E-state index in [2.05, 4.69) is 156 Å². The van der Waals surface area contributed by atoms with Crippen molar-refractivity contribution in [3.63, 3.8) is 0 Å². The van der Waals surface area contributed by atoms with Crippen LogP contribution >= 0.6 is 11.3 Å². The fourth-order valence-corrected chi connectivity index (χ4v) is 9.82. The molecule has 0 bridgehead atoms. The zero-order valence-corrected chi connectivity index (χ0v) is 31.9. The lowest BCUT2D eigenvalue weighted by molar-refractivity contribution is 1.18. The van der Waals surface area contributed by atoms with Crippen LogP contribution in [0.2, 0.25) is 0 Å². The van der Waals surface area contributed by atoms with Crippen LogP contribution in [-0.4, -0.2) is 24.5 Å². The van der Waals surface area contributed by atoms with Crippen LogP contribution in [0.5, 0.6) is 0 Å². The molecule has 270 valence electrons. The van der Waals surface area contributed by atoms with Gasteiger partial charge >= 0.3 is 0 Å². The number of benzene rings is 8. The van der Waals surface area contributed by atoms with E-state index < -0.39 is 0 Å². The average molecular weight is 758 g/mol. The molecular formula is C52H31N5S. The molecule has 12 aromatic rings. The summed E-state index contributed by atoms with van der Waals surface area (Å²) in [7, 11) is 0. The number of fused-ring (bicyclic) bond motifs is 11. The predicted octanol–water partition coefficient (Wildman–Crippen LogP) is 13.7. The van der Waals surface area contributed by atoms with Gasteiger partial charge in [0, 0.05) is 59.6 Å². The minimum atomic E-state index is 0.706. The number of nitrogens with zero attached hydrogens (tertiary/aromatic N) is 5. The highest BCUT2D eigenvalue weighted by Gasteiger charge is 2.26. The Labute approximate surface area is 337 Å². The van der Waals surface area contributed by atoms with Gasteiger partial charge in [-0.25, -0.2) is 19.9 Å². The molecule has 0 radical (unpaired) electrons. The molecule has 6 heteroatoms. The molecule has 0 saturated carbocycles. The number of hydrogen-bond donors (Lipinski definition) is 0. The number of para-hydroxylation sites is 1. The van der Waals surface area contributed by atoms with Gasteiger partial charge in [0.05, 0.1) is 43.8 Å². The van der Waals surface area contributed by atoms with Crippen molar-refractivity contribution in [2.75, 3.05) is 0 Å². The van der Waals surface area contributed by atoms with Crippen molar-refractivity contribution in [2.24, 2.45) is 0 Å². The summed E-state index contributed by atoms with van der Waals surface area (Å²) in [5, 5.41) is 5.51. The molecule has 0 aliphatic rings. The number of rotatable bonds is 5. The smallest absolute Gasteiger partial charge is 0.160 e. The molecule has 0 N–H and O–H groups in total. The van der Waals surface area contributed by atoms with Crippen LogP contribution in [0.3, 0.4) is 0 Å². The van der Waals surface area contributed by atoms with E-state index in [1.165, 1.54) is 14.8 Å². The predicted molar refractivity (Wildman–Crippen MR) is 242 cm³/mol. The van der Waals surface area contributed by atoms with Crippen LogP contribution in [0, 0.1) is 0 Å². The third kappa shape index (κ3) is 5.02. The van der Waals surface area contributed by atoms with E-state index in [0.29, 0.717) is 5.82 Å². The van der Waals surface area contributed by atoms with Gasteiger partial charge in [0.15, 0.2) is 5.82 Å². The van der Waals surface area contributed by atoms with Crippen LogP contribution in [-0.2, 0) is 0 Å². The molecule has 58 heavy (non-hydrogen) atoms. The topological polar surface area (TPSA) is 56.5 Å². The summed E-state index contributed by atoms with van der Waals surface area (Å²) in [4.78, 5) is 21.7. The van der Waals surface area contributed by atoms with Crippen molar-refractivity contribution in [3.8, 4) is 50.8 Å². The van der Waals surface area contributed by atoms with Crippen molar-refractivity contribution >= 4 is 75.3 Å². The SMILES string of the molecule is c1ccc(-c2nc(-c3ccccc3)c3cc(-n4c5ccccc5c5c6nc(-c7ccccc7)c(-c7ccccc7)nc6c6c7ccccc7sc6c54)ccc3n2)cc1. The highest BCUT2D eigenvalue weighted by Crippen LogP contribution is 2.48. The second kappa shape index (κ2) is 13.0. The van der Waals surface area contributed by atoms with Crippen LogP contribution in [0.1, 0.15) is 0 Å². The molecule has 12 rings (SSSR count). The first kappa shape index (κ1) is 32.7. The summed E-state index contributed by atoms with van der Waals surface area (Å²) in [6, 6.07) is 65.6. The fraction of sp³-hybridized carbons (Fsp3) is 0. The Morgan fingerprint density at radius 1 is 0.397 bits per heavy atom. The third-order valence-corrected chi connectivity index (χ3v) is 12.3. The molecule has 0 spiro atoms. The zero-order chi connectivity index (χ0) is 38.2. The van der Waals surface area contributed by atoms with Crippen molar-refractivity contribution in [2.45, 2.75) is 0 Å². The Morgan fingerprint density at radius 3 is 1.59 bits per heavy atom. The molecule has 4 heterocycles. The number of hydrogen-bond acceptors (Lipinski definition) is 5. The minimum absolute atomic E-state index is 0.706. The van der Waals surface area contributed by atoms with E-state index in [9.17, 15) is 0 Å². The van der Waals surface area contributed by atoms with Gasteiger partial charge in [0.2, 0.25) is 0 Å². The van der Waals surface area contributed by atoms with E-state index >= 15 is 0 Å². The molecule has 0 aliphatic carbocycles. The van der Waals surface area contributed by atoms with Crippen molar-refractivity contribution in [3.05, 3.63) is 188 Å². The van der Waals surface area contributed by atoms with Gasteiger partial charge in [-0.05, 0) is 30.3 Å². The zero-order valence-electron chi connectivity index (χ0n) is 31.0. The quantitative estimate of drug-likeness (QED) is 0.175. The van der Waals surface area contributed by atoms with Crippen molar-refractivity contribution in [1.82, 2.24) is 24.5 Å². The van der Waals surface area contributed by atoms with Gasteiger partial charge in [-0.15, -0.1) is 11.3 Å². The van der Waals surface area contributed by atoms with Gasteiger partial charge in [0.1, 0.15) is 5.52 Å². The summed E-state index contributed by atoms with van der Waals surface area (Å²) in [5.41, 5.74) is 12.7. The van der Waals surface area contributed by atoms with Gasteiger partial charge in [-0.3, -0.25) is 0 Å². The van der Waals surface area contributed by atoms with Crippen molar-refractivity contribution < 1.29 is 0 Å². The lowest BCUT2D eigenvalue weighted by atomic mass is 10.0. The first-order valence-corrected chi connectivity index (χ1v) is 20.2. The Balaban J connectivity index is 1.23. The second-order valence-electron chi connectivity index (χ2n) is 14.6. The molecule has 0 atom stereocenters. The highest BCUT2D eigenvalue weighted by molar-refractivity contribution is 7.27. The summed E-state index contributed by atoms with van der Waals surface area (Å²) < 4.78 is 4.82. The minimum Gasteiger partial charge on any atom is -0.308 e. The normalized spacial score (nSPS) is 11.8. The average Bonchev–Trinajstić information content (AvgIpc) is 3.86.